The Balaban J connectivity index is 2.04. The van der Waals surface area contributed by atoms with E-state index in [4.69, 9.17) is 4.42 Å². The zero-order chi connectivity index (χ0) is 12.3. The Bertz CT molecular complexity index is 585. The zero-order valence-electron chi connectivity index (χ0n) is 9.37. The lowest BCUT2D eigenvalue weighted by atomic mass is 10.1. The normalized spacial score (nSPS) is 10.4. The van der Waals surface area contributed by atoms with Crippen molar-refractivity contribution in [3.05, 3.63) is 34.3 Å². The van der Waals surface area contributed by atoms with E-state index in [-0.39, 0.29) is 6.03 Å². The fraction of sp³-hybridized carbons (Fsp3) is 0.273. The minimum atomic E-state index is -0.458. The summed E-state index contributed by atoms with van der Waals surface area (Å²) in [7, 11) is 1.57. The second-order valence-electron chi connectivity index (χ2n) is 3.60. The molecule has 1 aromatic heterocycles. The number of urea groups is 1. The number of benzene rings is 1. The maximum absolute atomic E-state index is 11.0. The van der Waals surface area contributed by atoms with Crippen LogP contribution < -0.4 is 16.4 Å². The van der Waals surface area contributed by atoms with Gasteiger partial charge in [-0.15, -0.1) is 0 Å². The average Bonchev–Trinajstić information content (AvgIpc) is 2.68. The number of H-pyrrole nitrogens is 1. The zero-order valence-corrected chi connectivity index (χ0v) is 9.37. The third-order valence-corrected chi connectivity index (χ3v) is 2.41. The standard InChI is InChI=1S/C11H13N3O3/c1-12-10(15)13-5-4-7-2-3-8-9(6-7)17-11(16)14-8/h2-3,6H,4-5H2,1H3,(H,14,16)(H2,12,13,15). The van der Waals surface area contributed by atoms with Crippen LogP contribution in [-0.4, -0.2) is 24.6 Å². The minimum absolute atomic E-state index is 0.209. The topological polar surface area (TPSA) is 87.1 Å². The first kappa shape index (κ1) is 11.3. The molecule has 0 spiro atoms. The van der Waals surface area contributed by atoms with Crippen LogP contribution in [0.4, 0.5) is 4.79 Å². The first-order chi connectivity index (χ1) is 8.19. The highest BCUT2D eigenvalue weighted by molar-refractivity contribution is 5.74. The number of oxazole rings is 1. The van der Waals surface area contributed by atoms with Crippen molar-refractivity contribution in [1.82, 2.24) is 15.6 Å². The monoisotopic (exact) mass is 235 g/mol. The molecule has 0 aliphatic carbocycles. The number of hydrogen-bond donors (Lipinski definition) is 3. The lowest BCUT2D eigenvalue weighted by Gasteiger charge is -2.03. The highest BCUT2D eigenvalue weighted by atomic mass is 16.4. The third kappa shape index (κ3) is 2.66. The first-order valence-electron chi connectivity index (χ1n) is 5.26. The molecule has 0 atom stereocenters. The second kappa shape index (κ2) is 4.73. The lowest BCUT2D eigenvalue weighted by Crippen LogP contribution is -2.33. The van der Waals surface area contributed by atoms with E-state index in [1.807, 2.05) is 6.07 Å². The summed E-state index contributed by atoms with van der Waals surface area (Å²) in [5.41, 5.74) is 2.21. The summed E-state index contributed by atoms with van der Waals surface area (Å²) >= 11 is 0. The van der Waals surface area contributed by atoms with Gasteiger partial charge in [0.25, 0.3) is 0 Å². The predicted molar refractivity (Wildman–Crippen MR) is 63.0 cm³/mol. The number of aromatic nitrogens is 1. The van der Waals surface area contributed by atoms with Gasteiger partial charge >= 0.3 is 11.8 Å². The number of fused-ring (bicyclic) bond motifs is 1. The maximum atomic E-state index is 11.0. The molecule has 6 heteroatoms. The van der Waals surface area contributed by atoms with Crippen LogP contribution in [0.25, 0.3) is 11.1 Å². The molecule has 0 saturated carbocycles. The van der Waals surface area contributed by atoms with E-state index >= 15 is 0 Å². The Kier molecular flexibility index (Phi) is 3.13. The molecule has 17 heavy (non-hydrogen) atoms. The smallest absolute Gasteiger partial charge is 0.408 e. The minimum Gasteiger partial charge on any atom is -0.408 e. The molecular formula is C11H13N3O3. The Morgan fingerprint density at radius 1 is 1.47 bits per heavy atom. The Labute approximate surface area is 97.0 Å². The Morgan fingerprint density at radius 2 is 2.29 bits per heavy atom. The molecule has 2 rings (SSSR count). The van der Waals surface area contributed by atoms with Gasteiger partial charge in [-0.2, -0.15) is 0 Å². The van der Waals surface area contributed by atoms with Gasteiger partial charge in [-0.3, -0.25) is 4.98 Å². The molecule has 2 aromatic rings. The van der Waals surface area contributed by atoms with Gasteiger partial charge in [0, 0.05) is 13.6 Å². The Hall–Kier alpha value is -2.24. The van der Waals surface area contributed by atoms with Gasteiger partial charge in [0.05, 0.1) is 5.52 Å². The van der Waals surface area contributed by atoms with E-state index in [0.29, 0.717) is 24.1 Å². The number of amides is 2. The van der Waals surface area contributed by atoms with Gasteiger partial charge in [-0.1, -0.05) is 6.07 Å². The van der Waals surface area contributed by atoms with Gasteiger partial charge in [0.1, 0.15) is 0 Å². The van der Waals surface area contributed by atoms with Crippen molar-refractivity contribution in [2.45, 2.75) is 6.42 Å². The first-order valence-corrected chi connectivity index (χ1v) is 5.26. The maximum Gasteiger partial charge on any atom is 0.417 e. The van der Waals surface area contributed by atoms with Crippen molar-refractivity contribution in [2.75, 3.05) is 13.6 Å². The fourth-order valence-electron chi connectivity index (χ4n) is 1.55. The lowest BCUT2D eigenvalue weighted by molar-refractivity contribution is 0.243. The average molecular weight is 235 g/mol. The van der Waals surface area contributed by atoms with Gasteiger partial charge in [0.2, 0.25) is 0 Å². The second-order valence-corrected chi connectivity index (χ2v) is 3.60. The van der Waals surface area contributed by atoms with E-state index in [1.54, 1.807) is 19.2 Å². The van der Waals surface area contributed by atoms with E-state index in [2.05, 4.69) is 15.6 Å². The summed E-state index contributed by atoms with van der Waals surface area (Å²) < 4.78 is 4.95. The molecule has 0 radical (unpaired) electrons. The third-order valence-electron chi connectivity index (χ3n) is 2.41. The number of carbonyl (C=O) groups excluding carboxylic acids is 1. The SMILES string of the molecule is CNC(=O)NCCc1ccc2[nH]c(=O)oc2c1. The fourth-order valence-corrected chi connectivity index (χ4v) is 1.55. The number of rotatable bonds is 3. The van der Waals surface area contributed by atoms with Crippen LogP contribution in [0.5, 0.6) is 0 Å². The van der Waals surface area contributed by atoms with Crippen LogP contribution in [0.2, 0.25) is 0 Å². The van der Waals surface area contributed by atoms with Gasteiger partial charge in [-0.05, 0) is 24.1 Å². The van der Waals surface area contributed by atoms with E-state index in [0.717, 1.165) is 5.56 Å². The largest absolute Gasteiger partial charge is 0.417 e. The van der Waals surface area contributed by atoms with Crippen LogP contribution in [0.3, 0.4) is 0 Å². The van der Waals surface area contributed by atoms with E-state index < -0.39 is 5.76 Å². The number of nitrogens with one attached hydrogen (secondary N) is 3. The molecule has 3 N–H and O–H groups in total. The van der Waals surface area contributed by atoms with Crippen molar-refractivity contribution in [3.8, 4) is 0 Å². The van der Waals surface area contributed by atoms with E-state index in [9.17, 15) is 9.59 Å². The quantitative estimate of drug-likeness (QED) is 0.727. The molecular weight excluding hydrogens is 222 g/mol. The van der Waals surface area contributed by atoms with Crippen LogP contribution in [0, 0.1) is 0 Å². The van der Waals surface area contributed by atoms with Crippen LogP contribution >= 0.6 is 0 Å². The number of carbonyl (C=O) groups is 1. The summed E-state index contributed by atoms with van der Waals surface area (Å²) in [4.78, 5) is 24.5. The molecule has 0 bridgehead atoms. The summed E-state index contributed by atoms with van der Waals surface area (Å²) in [6.45, 7) is 0.528. The molecule has 0 saturated heterocycles. The molecule has 0 aliphatic rings. The number of aromatic amines is 1. The highest BCUT2D eigenvalue weighted by Gasteiger charge is 2.02. The summed E-state index contributed by atoms with van der Waals surface area (Å²) in [6.07, 6.45) is 0.679. The molecule has 0 aliphatic heterocycles. The Morgan fingerprint density at radius 3 is 3.06 bits per heavy atom. The highest BCUT2D eigenvalue weighted by Crippen LogP contribution is 2.12. The van der Waals surface area contributed by atoms with Crippen molar-refractivity contribution in [2.24, 2.45) is 0 Å². The molecule has 6 nitrogen and oxygen atoms in total. The summed E-state index contributed by atoms with van der Waals surface area (Å²) in [5, 5.41) is 5.15. The van der Waals surface area contributed by atoms with Crippen molar-refractivity contribution < 1.29 is 9.21 Å². The molecule has 0 fully saturated rings. The van der Waals surface area contributed by atoms with Crippen LogP contribution in [-0.2, 0) is 6.42 Å². The van der Waals surface area contributed by atoms with E-state index in [1.165, 1.54) is 0 Å². The molecule has 1 aromatic carbocycles. The number of hydrogen-bond acceptors (Lipinski definition) is 3. The summed E-state index contributed by atoms with van der Waals surface area (Å²) in [5.74, 6) is -0.458. The predicted octanol–water partition coefficient (Wildman–Crippen LogP) is 0.593. The van der Waals surface area contributed by atoms with Gasteiger partial charge in [-0.25, -0.2) is 9.59 Å². The summed E-state index contributed by atoms with van der Waals surface area (Å²) in [6, 6.07) is 5.26. The van der Waals surface area contributed by atoms with Crippen LogP contribution in [0.15, 0.2) is 27.4 Å². The molecule has 2 amide bonds. The van der Waals surface area contributed by atoms with Crippen molar-refractivity contribution in [3.63, 3.8) is 0 Å². The van der Waals surface area contributed by atoms with Gasteiger partial charge in [0.15, 0.2) is 5.58 Å². The van der Waals surface area contributed by atoms with Crippen molar-refractivity contribution >= 4 is 17.1 Å². The van der Waals surface area contributed by atoms with Crippen LogP contribution in [0.1, 0.15) is 5.56 Å². The van der Waals surface area contributed by atoms with Crippen molar-refractivity contribution in [1.29, 1.82) is 0 Å². The molecule has 0 unspecified atom stereocenters. The molecule has 1 heterocycles. The van der Waals surface area contributed by atoms with Gasteiger partial charge < -0.3 is 15.1 Å². The molecule has 90 valence electrons.